The zero-order valence-electron chi connectivity index (χ0n) is 24.9. The van der Waals surface area contributed by atoms with E-state index in [2.05, 4.69) is 0 Å². The van der Waals surface area contributed by atoms with Crippen LogP contribution in [0.15, 0.2) is 18.2 Å². The Morgan fingerprint density at radius 2 is 1.32 bits per heavy atom. The highest BCUT2D eigenvalue weighted by molar-refractivity contribution is 5.76. The van der Waals surface area contributed by atoms with E-state index < -0.39 is 59.9 Å². The van der Waals surface area contributed by atoms with Gasteiger partial charge < -0.3 is 34.5 Å². The van der Waals surface area contributed by atoms with Crippen molar-refractivity contribution in [1.29, 1.82) is 0 Å². The van der Waals surface area contributed by atoms with Gasteiger partial charge in [0, 0.05) is 5.92 Å². The molecule has 0 amide bonds. The molecule has 11 nitrogen and oxygen atoms in total. The van der Waals surface area contributed by atoms with Crippen LogP contribution in [0.1, 0.15) is 99.0 Å². The van der Waals surface area contributed by atoms with Crippen molar-refractivity contribution in [3.05, 3.63) is 23.8 Å². The summed E-state index contributed by atoms with van der Waals surface area (Å²) < 4.78 is 26.7. The van der Waals surface area contributed by atoms with Gasteiger partial charge in [-0.1, -0.05) is 32.8 Å². The second-order valence-corrected chi connectivity index (χ2v) is 11.0. The first kappa shape index (κ1) is 34.7. The molecule has 226 valence electrons. The number of benzene rings is 1. The summed E-state index contributed by atoms with van der Waals surface area (Å²) in [5.41, 5.74) is 5.64. The van der Waals surface area contributed by atoms with Crippen LogP contribution in [0.25, 0.3) is 0 Å². The van der Waals surface area contributed by atoms with E-state index >= 15 is 0 Å². The largest absolute Gasteiger partial charge is 0.514 e. The fraction of sp³-hybridized carbons (Fsp3) is 0.655. The van der Waals surface area contributed by atoms with E-state index in [1.165, 1.54) is 18.2 Å². The fourth-order valence-corrected chi connectivity index (χ4v) is 3.83. The number of esters is 1. The molecule has 0 spiro atoms. The zero-order chi connectivity index (χ0) is 30.6. The molecular weight excluding hydrogens is 522 g/mol. The first-order valence-electron chi connectivity index (χ1n) is 13.7. The third kappa shape index (κ3) is 11.8. The molecule has 3 N–H and O–H groups in total. The number of rotatable bonds is 14. The Balaban J connectivity index is 3.37. The number of carbonyl (C=O) groups is 4. The van der Waals surface area contributed by atoms with Crippen LogP contribution in [0.4, 0.5) is 9.59 Å². The third-order valence-electron chi connectivity index (χ3n) is 5.99. The van der Waals surface area contributed by atoms with Crippen LogP contribution < -0.4 is 15.2 Å². The first-order chi connectivity index (χ1) is 18.6. The summed E-state index contributed by atoms with van der Waals surface area (Å²) in [6.45, 7) is 14.1. The number of ether oxygens (including phenoxy) is 5. The molecule has 0 radical (unpaired) electrons. The standard InChI is InChI=1S/C29H45NO10/c1-9-11-17(3)37-27(34)39-22-14-13-20(16-23(22)40-28(35)38-18(4)12-10-2)21(24(30)25(31)32)15-19(5)36-26(33)29(6,7)8/h13-14,16-19,21,24H,9-12,15,30H2,1-8H3,(H,31,32)/t17?,18?,19?,21?,24-/m0/s1. The van der Waals surface area contributed by atoms with Crippen LogP contribution in [0, 0.1) is 5.41 Å². The summed E-state index contributed by atoms with van der Waals surface area (Å²) in [6.07, 6.45) is -0.628. The van der Waals surface area contributed by atoms with Crippen molar-refractivity contribution in [2.45, 2.75) is 118 Å². The van der Waals surface area contributed by atoms with Gasteiger partial charge in [-0.2, -0.15) is 0 Å². The minimum absolute atomic E-state index is 0.0590. The summed E-state index contributed by atoms with van der Waals surface area (Å²) in [4.78, 5) is 49.1. The molecule has 5 atom stereocenters. The second kappa shape index (κ2) is 16.1. The van der Waals surface area contributed by atoms with Crippen LogP contribution in [0.3, 0.4) is 0 Å². The van der Waals surface area contributed by atoms with Gasteiger partial charge in [0.05, 0.1) is 11.5 Å². The van der Waals surface area contributed by atoms with E-state index in [0.29, 0.717) is 18.4 Å². The minimum atomic E-state index is -1.38. The highest BCUT2D eigenvalue weighted by Crippen LogP contribution is 2.35. The SMILES string of the molecule is CCCC(C)OC(=O)Oc1ccc(C(CC(C)OC(=O)C(C)(C)C)[C@H](N)C(=O)O)cc1OC(=O)OC(C)CCC. The molecule has 0 aromatic heterocycles. The Morgan fingerprint density at radius 1 is 0.825 bits per heavy atom. The van der Waals surface area contributed by atoms with Crippen molar-refractivity contribution < 1.29 is 48.0 Å². The molecule has 0 bridgehead atoms. The summed E-state index contributed by atoms with van der Waals surface area (Å²) in [6, 6.07) is 2.83. The van der Waals surface area contributed by atoms with Gasteiger partial charge in [0.1, 0.15) is 18.2 Å². The van der Waals surface area contributed by atoms with Gasteiger partial charge in [0.25, 0.3) is 0 Å². The molecule has 4 unspecified atom stereocenters. The number of aliphatic carboxylic acids is 1. The third-order valence-corrected chi connectivity index (χ3v) is 5.99. The van der Waals surface area contributed by atoms with Crippen LogP contribution >= 0.6 is 0 Å². The Bertz CT molecular complexity index is 1000. The minimum Gasteiger partial charge on any atom is -0.480 e. The van der Waals surface area contributed by atoms with Crippen LogP contribution in [-0.2, 0) is 23.8 Å². The summed E-state index contributed by atoms with van der Waals surface area (Å²) >= 11 is 0. The topological polar surface area (TPSA) is 161 Å². The highest BCUT2D eigenvalue weighted by Gasteiger charge is 2.32. The Morgan fingerprint density at radius 3 is 1.77 bits per heavy atom. The van der Waals surface area contributed by atoms with E-state index in [9.17, 15) is 24.3 Å². The van der Waals surface area contributed by atoms with Gasteiger partial charge in [0.2, 0.25) is 0 Å². The summed E-state index contributed by atoms with van der Waals surface area (Å²) in [7, 11) is 0. The lowest BCUT2D eigenvalue weighted by Gasteiger charge is -2.27. The van der Waals surface area contributed by atoms with Crippen molar-refractivity contribution in [1.82, 2.24) is 0 Å². The quantitative estimate of drug-likeness (QED) is 0.155. The molecule has 0 saturated heterocycles. The first-order valence-corrected chi connectivity index (χ1v) is 13.7. The van der Waals surface area contributed by atoms with Crippen LogP contribution in [0.5, 0.6) is 11.5 Å². The molecule has 1 rings (SSSR count). The lowest BCUT2D eigenvalue weighted by Crippen LogP contribution is -2.39. The molecule has 0 aliphatic rings. The monoisotopic (exact) mass is 567 g/mol. The fourth-order valence-electron chi connectivity index (χ4n) is 3.83. The molecule has 40 heavy (non-hydrogen) atoms. The number of carboxylic acid groups (broad SMARTS) is 1. The molecule has 1 aromatic carbocycles. The maximum atomic E-state index is 12.5. The van der Waals surface area contributed by atoms with Crippen molar-refractivity contribution >= 4 is 24.2 Å². The molecule has 0 heterocycles. The molecule has 1 aromatic rings. The van der Waals surface area contributed by atoms with Crippen molar-refractivity contribution in [3.8, 4) is 11.5 Å². The van der Waals surface area contributed by atoms with Gasteiger partial charge in [-0.25, -0.2) is 9.59 Å². The predicted molar refractivity (Wildman–Crippen MR) is 147 cm³/mol. The van der Waals surface area contributed by atoms with Gasteiger partial charge in [-0.3, -0.25) is 9.59 Å². The average Bonchev–Trinajstić information content (AvgIpc) is 2.82. The molecule has 0 fully saturated rings. The molecule has 0 aliphatic heterocycles. The molecule has 11 heteroatoms. The van der Waals surface area contributed by atoms with E-state index in [0.717, 1.165) is 12.8 Å². The number of hydrogen-bond donors (Lipinski definition) is 2. The lowest BCUT2D eigenvalue weighted by molar-refractivity contribution is -0.158. The smallest absolute Gasteiger partial charge is 0.480 e. The normalized spacial score (nSPS) is 15.1. The second-order valence-electron chi connectivity index (χ2n) is 11.0. The van der Waals surface area contributed by atoms with Crippen LogP contribution in [-0.4, -0.2) is 53.7 Å². The van der Waals surface area contributed by atoms with Gasteiger partial charge in [-0.15, -0.1) is 0 Å². The Hall–Kier alpha value is -3.34. The maximum Gasteiger partial charge on any atom is 0.514 e. The van der Waals surface area contributed by atoms with E-state index in [4.69, 9.17) is 29.4 Å². The predicted octanol–water partition coefficient (Wildman–Crippen LogP) is 5.96. The van der Waals surface area contributed by atoms with E-state index in [1.54, 1.807) is 41.5 Å². The number of nitrogens with two attached hydrogens (primary N) is 1. The molecule has 0 aliphatic carbocycles. The number of hydrogen-bond acceptors (Lipinski definition) is 10. The average molecular weight is 568 g/mol. The molecule has 0 saturated carbocycles. The lowest BCUT2D eigenvalue weighted by atomic mass is 9.86. The highest BCUT2D eigenvalue weighted by atomic mass is 16.7. The van der Waals surface area contributed by atoms with Crippen molar-refractivity contribution in [2.24, 2.45) is 11.1 Å². The van der Waals surface area contributed by atoms with Gasteiger partial charge in [0.15, 0.2) is 11.5 Å². The van der Waals surface area contributed by atoms with E-state index in [1.807, 2.05) is 13.8 Å². The van der Waals surface area contributed by atoms with Crippen molar-refractivity contribution in [3.63, 3.8) is 0 Å². The number of carboxylic acids is 1. The summed E-state index contributed by atoms with van der Waals surface area (Å²) in [5, 5.41) is 9.68. The van der Waals surface area contributed by atoms with Crippen LogP contribution in [0.2, 0.25) is 0 Å². The van der Waals surface area contributed by atoms with Gasteiger partial charge >= 0.3 is 24.2 Å². The zero-order valence-corrected chi connectivity index (χ0v) is 24.9. The van der Waals surface area contributed by atoms with E-state index in [-0.39, 0.29) is 17.9 Å². The Kier molecular flexibility index (Phi) is 13.9. The maximum absolute atomic E-state index is 12.5. The van der Waals surface area contributed by atoms with Gasteiger partial charge in [-0.05, 0) is 78.5 Å². The Labute approximate surface area is 236 Å². The number of carbonyl (C=O) groups excluding carboxylic acids is 3. The molecular formula is C29H45NO10. The van der Waals surface area contributed by atoms with Crippen molar-refractivity contribution in [2.75, 3.05) is 0 Å². The summed E-state index contributed by atoms with van der Waals surface area (Å²) in [5.74, 6) is -2.90.